The molecule has 2 rings (SSSR count). The first kappa shape index (κ1) is 8.16. The summed E-state index contributed by atoms with van der Waals surface area (Å²) in [7, 11) is 0. The van der Waals surface area contributed by atoms with E-state index in [9.17, 15) is 9.59 Å². The van der Waals surface area contributed by atoms with Gasteiger partial charge in [0.1, 0.15) is 0 Å². The van der Waals surface area contributed by atoms with Crippen LogP contribution < -0.4 is 0 Å². The number of hydrogen-bond acceptors (Lipinski definition) is 2. The minimum absolute atomic E-state index is 0.398. The van der Waals surface area contributed by atoms with Gasteiger partial charge in [-0.05, 0) is 18.9 Å². The Morgan fingerprint density at radius 3 is 2.69 bits per heavy atom. The molecule has 1 heterocycles. The van der Waals surface area contributed by atoms with Crippen LogP contribution in [0.5, 0.6) is 0 Å². The number of amides is 1. The van der Waals surface area contributed by atoms with Gasteiger partial charge in [-0.3, -0.25) is 9.59 Å². The number of nitrogens with zero attached hydrogens (tertiary/aromatic N) is 1. The molecule has 0 aromatic heterocycles. The van der Waals surface area contributed by atoms with E-state index in [1.165, 1.54) is 6.08 Å². The van der Waals surface area contributed by atoms with Crippen LogP contribution in [0, 0.1) is 11.8 Å². The highest BCUT2D eigenvalue weighted by molar-refractivity contribution is 6.13. The molecule has 68 valence electrons. The van der Waals surface area contributed by atoms with E-state index in [0.717, 1.165) is 18.6 Å². The molecule has 1 atom stereocenters. The van der Waals surface area contributed by atoms with Crippen molar-refractivity contribution in [2.75, 3.05) is 0 Å². The van der Waals surface area contributed by atoms with Crippen LogP contribution in [0.3, 0.4) is 0 Å². The second kappa shape index (κ2) is 2.80. The standard InChI is InChI=1S/C9H9NO3/c11-8-6(9(12)13)3-4-7(10-8)5-1-2-5/h3-6H,1-2H2,(H,12,13). The normalized spacial score (nSPS) is 27.2. The molecule has 1 unspecified atom stereocenters. The highest BCUT2D eigenvalue weighted by atomic mass is 16.4. The van der Waals surface area contributed by atoms with Crippen molar-refractivity contribution < 1.29 is 14.7 Å². The van der Waals surface area contributed by atoms with Gasteiger partial charge in [0.2, 0.25) is 0 Å². The molecule has 0 aromatic rings. The van der Waals surface area contributed by atoms with E-state index in [4.69, 9.17) is 5.11 Å². The van der Waals surface area contributed by atoms with Gasteiger partial charge in [0.05, 0.1) is 0 Å². The molecule has 1 N–H and O–H groups in total. The second-order valence-electron chi connectivity index (χ2n) is 3.32. The molecule has 1 fully saturated rings. The third kappa shape index (κ3) is 1.52. The summed E-state index contributed by atoms with van der Waals surface area (Å²) in [5.41, 5.74) is 0.752. The summed E-state index contributed by atoms with van der Waals surface area (Å²) in [5, 5.41) is 8.61. The molecule has 1 saturated carbocycles. The second-order valence-corrected chi connectivity index (χ2v) is 3.32. The fourth-order valence-electron chi connectivity index (χ4n) is 1.31. The Morgan fingerprint density at radius 1 is 1.54 bits per heavy atom. The van der Waals surface area contributed by atoms with Crippen LogP contribution in [0.15, 0.2) is 17.1 Å². The van der Waals surface area contributed by atoms with E-state index in [2.05, 4.69) is 4.99 Å². The molecule has 2 aliphatic rings. The van der Waals surface area contributed by atoms with Gasteiger partial charge >= 0.3 is 5.97 Å². The maximum atomic E-state index is 11.2. The lowest BCUT2D eigenvalue weighted by atomic mass is 10.0. The third-order valence-electron chi connectivity index (χ3n) is 2.23. The number of hydrogen-bond donors (Lipinski definition) is 1. The summed E-state index contributed by atoms with van der Waals surface area (Å²) in [6.07, 6.45) is 5.21. The molecule has 1 aliphatic carbocycles. The van der Waals surface area contributed by atoms with Crippen molar-refractivity contribution in [2.24, 2.45) is 16.8 Å². The molecular weight excluding hydrogens is 170 g/mol. The number of aliphatic imine (C=N–C) groups is 1. The van der Waals surface area contributed by atoms with Gasteiger partial charge in [-0.1, -0.05) is 6.08 Å². The number of rotatable bonds is 2. The number of carboxylic acids is 1. The lowest BCUT2D eigenvalue weighted by Crippen LogP contribution is -2.24. The molecule has 0 bridgehead atoms. The van der Waals surface area contributed by atoms with Crippen molar-refractivity contribution in [2.45, 2.75) is 12.8 Å². The molecule has 0 aromatic carbocycles. The first-order chi connectivity index (χ1) is 6.18. The van der Waals surface area contributed by atoms with Crippen LogP contribution in [-0.2, 0) is 9.59 Å². The summed E-state index contributed by atoms with van der Waals surface area (Å²) >= 11 is 0. The molecule has 0 radical (unpaired) electrons. The van der Waals surface area contributed by atoms with E-state index in [0.29, 0.717) is 5.92 Å². The fourth-order valence-corrected chi connectivity index (χ4v) is 1.31. The highest BCUT2D eigenvalue weighted by Crippen LogP contribution is 2.32. The summed E-state index contributed by atoms with van der Waals surface area (Å²) in [6, 6.07) is 0. The average molecular weight is 179 g/mol. The van der Waals surface area contributed by atoms with Crippen LogP contribution in [0.4, 0.5) is 0 Å². The number of carboxylic acid groups (broad SMARTS) is 1. The summed E-state index contributed by atoms with van der Waals surface area (Å²) in [4.78, 5) is 25.4. The zero-order valence-corrected chi connectivity index (χ0v) is 6.93. The fraction of sp³-hybridized carbons (Fsp3) is 0.444. The number of carbonyl (C=O) groups excluding carboxylic acids is 1. The summed E-state index contributed by atoms with van der Waals surface area (Å²) in [5.74, 6) is -2.34. The Morgan fingerprint density at radius 2 is 2.23 bits per heavy atom. The minimum atomic E-state index is -1.13. The van der Waals surface area contributed by atoms with Crippen molar-refractivity contribution in [3.05, 3.63) is 12.2 Å². The van der Waals surface area contributed by atoms with Crippen LogP contribution >= 0.6 is 0 Å². The van der Waals surface area contributed by atoms with Crippen molar-refractivity contribution in [3.63, 3.8) is 0 Å². The van der Waals surface area contributed by atoms with Gasteiger partial charge in [-0.15, -0.1) is 0 Å². The monoisotopic (exact) mass is 179 g/mol. The molecule has 1 amide bonds. The van der Waals surface area contributed by atoms with Gasteiger partial charge < -0.3 is 5.11 Å². The molecule has 0 spiro atoms. The van der Waals surface area contributed by atoms with Crippen molar-refractivity contribution in [3.8, 4) is 0 Å². The predicted molar refractivity (Wildman–Crippen MR) is 45.4 cm³/mol. The zero-order valence-electron chi connectivity index (χ0n) is 6.93. The Labute approximate surface area is 75.0 Å². The van der Waals surface area contributed by atoms with Gasteiger partial charge in [0.15, 0.2) is 5.92 Å². The SMILES string of the molecule is O=C(O)C1C=CC(C2CC2)=NC1=O. The van der Waals surface area contributed by atoms with Crippen LogP contribution in [-0.4, -0.2) is 22.7 Å². The Hall–Kier alpha value is -1.45. The average Bonchev–Trinajstić information content (AvgIpc) is 2.85. The van der Waals surface area contributed by atoms with E-state index in [1.807, 2.05) is 0 Å². The zero-order chi connectivity index (χ0) is 9.42. The quantitative estimate of drug-likeness (QED) is 0.632. The number of aliphatic carboxylic acids is 1. The number of allylic oxidation sites excluding steroid dienone is 1. The molecule has 13 heavy (non-hydrogen) atoms. The lowest BCUT2D eigenvalue weighted by molar-refractivity contribution is -0.143. The van der Waals surface area contributed by atoms with E-state index in [1.54, 1.807) is 6.08 Å². The molecule has 4 nitrogen and oxygen atoms in total. The van der Waals surface area contributed by atoms with Crippen LogP contribution in [0.2, 0.25) is 0 Å². The van der Waals surface area contributed by atoms with Crippen molar-refractivity contribution in [1.29, 1.82) is 0 Å². The predicted octanol–water partition coefficient (Wildman–Crippen LogP) is 0.635. The van der Waals surface area contributed by atoms with E-state index >= 15 is 0 Å². The molecular formula is C9H9NO3. The Bertz CT molecular complexity index is 326. The van der Waals surface area contributed by atoms with Crippen molar-refractivity contribution >= 4 is 17.6 Å². The van der Waals surface area contributed by atoms with E-state index in [-0.39, 0.29) is 0 Å². The smallest absolute Gasteiger partial charge is 0.320 e. The lowest BCUT2D eigenvalue weighted by Gasteiger charge is -2.09. The first-order valence-electron chi connectivity index (χ1n) is 4.22. The maximum Gasteiger partial charge on any atom is 0.320 e. The molecule has 4 heteroatoms. The van der Waals surface area contributed by atoms with Crippen LogP contribution in [0.1, 0.15) is 12.8 Å². The van der Waals surface area contributed by atoms with Gasteiger partial charge in [0, 0.05) is 11.6 Å². The Kier molecular flexibility index (Phi) is 1.76. The minimum Gasteiger partial charge on any atom is -0.480 e. The number of dihydropyridines is 1. The molecule has 0 saturated heterocycles. The highest BCUT2D eigenvalue weighted by Gasteiger charge is 2.32. The van der Waals surface area contributed by atoms with Gasteiger partial charge in [-0.2, -0.15) is 0 Å². The van der Waals surface area contributed by atoms with Gasteiger partial charge in [0.25, 0.3) is 5.91 Å². The summed E-state index contributed by atoms with van der Waals surface area (Å²) < 4.78 is 0. The number of carbonyl (C=O) groups is 2. The largest absolute Gasteiger partial charge is 0.480 e. The summed E-state index contributed by atoms with van der Waals surface area (Å²) in [6.45, 7) is 0. The molecule has 1 aliphatic heterocycles. The first-order valence-corrected chi connectivity index (χ1v) is 4.22. The Balaban J connectivity index is 2.16. The van der Waals surface area contributed by atoms with Gasteiger partial charge in [-0.25, -0.2) is 4.99 Å². The van der Waals surface area contributed by atoms with Crippen molar-refractivity contribution in [1.82, 2.24) is 0 Å². The van der Waals surface area contributed by atoms with Crippen LogP contribution in [0.25, 0.3) is 0 Å². The van der Waals surface area contributed by atoms with E-state index < -0.39 is 17.8 Å². The maximum absolute atomic E-state index is 11.2. The third-order valence-corrected chi connectivity index (χ3v) is 2.23. The topological polar surface area (TPSA) is 66.7 Å².